The van der Waals surface area contributed by atoms with Crippen LogP contribution in [0.4, 0.5) is 0 Å². The third-order valence-electron chi connectivity index (χ3n) is 3.54. The van der Waals surface area contributed by atoms with E-state index in [1.807, 2.05) is 0 Å². The summed E-state index contributed by atoms with van der Waals surface area (Å²) in [5.41, 5.74) is 0.226. The molecule has 0 radical (unpaired) electrons. The Morgan fingerprint density at radius 3 is 2.36 bits per heavy atom. The Balaban J connectivity index is 1.92. The van der Waals surface area contributed by atoms with E-state index in [0.29, 0.717) is 25.9 Å². The van der Waals surface area contributed by atoms with E-state index < -0.39 is 0 Å². The molecule has 1 fully saturated rings. The summed E-state index contributed by atoms with van der Waals surface area (Å²) in [6, 6.07) is 5.53. The number of carbonyl (C=O) groups is 2. The number of rotatable bonds is 3. The predicted octanol–water partition coefficient (Wildman–Crippen LogP) is 0.732. The van der Waals surface area contributed by atoms with Crippen LogP contribution in [0.5, 0.6) is 11.5 Å². The van der Waals surface area contributed by atoms with Crippen LogP contribution in [-0.2, 0) is 4.79 Å². The van der Waals surface area contributed by atoms with E-state index in [4.69, 9.17) is 5.26 Å². The summed E-state index contributed by atoms with van der Waals surface area (Å²) >= 11 is 0. The lowest BCUT2D eigenvalue weighted by atomic mass is 10.0. The number of phenolic OH excluding ortho intramolecular Hbond substituents is 2. The summed E-state index contributed by atoms with van der Waals surface area (Å²) in [4.78, 5) is 25.3. The van der Waals surface area contributed by atoms with Crippen LogP contribution in [0.15, 0.2) is 18.2 Å². The van der Waals surface area contributed by atoms with Crippen molar-refractivity contribution in [2.75, 3.05) is 13.1 Å². The van der Waals surface area contributed by atoms with Crippen LogP contribution >= 0.6 is 0 Å². The minimum Gasteiger partial charge on any atom is -0.508 e. The quantitative estimate of drug-likeness (QED) is 0.762. The summed E-state index contributed by atoms with van der Waals surface area (Å²) in [5.74, 6) is -0.901. The van der Waals surface area contributed by atoms with Crippen molar-refractivity contribution in [2.45, 2.75) is 25.3 Å². The number of nitrogens with one attached hydrogen (secondary N) is 1. The van der Waals surface area contributed by atoms with Crippen LogP contribution in [0.3, 0.4) is 0 Å². The van der Waals surface area contributed by atoms with Crippen LogP contribution in [0, 0.1) is 11.3 Å². The first-order valence-electron chi connectivity index (χ1n) is 6.98. The molecule has 0 aliphatic carbocycles. The van der Waals surface area contributed by atoms with Crippen molar-refractivity contribution in [2.24, 2.45) is 0 Å². The zero-order valence-electron chi connectivity index (χ0n) is 12.0. The van der Waals surface area contributed by atoms with Gasteiger partial charge in [-0.3, -0.25) is 9.59 Å². The topological polar surface area (TPSA) is 114 Å². The number of nitrogens with zero attached hydrogens (tertiary/aromatic N) is 2. The molecule has 3 N–H and O–H groups in total. The molecule has 2 amide bonds. The third kappa shape index (κ3) is 3.88. The molecule has 116 valence electrons. The van der Waals surface area contributed by atoms with Crippen molar-refractivity contribution in [1.82, 2.24) is 10.2 Å². The number of phenols is 2. The van der Waals surface area contributed by atoms with Gasteiger partial charge in [0.05, 0.1) is 6.07 Å². The standard InChI is InChI=1S/C15H17N3O4/c16-4-1-14(21)17-11-2-5-18(6-3-11)15(22)10-7-12(19)9-13(20)8-10/h7-9,11,19-20H,1-3,5-6H2,(H,17,21). The molecule has 1 aliphatic heterocycles. The molecule has 2 rings (SSSR count). The number of piperidine rings is 1. The normalized spacial score (nSPS) is 15.1. The second-order valence-corrected chi connectivity index (χ2v) is 5.21. The SMILES string of the molecule is N#CCC(=O)NC1CCN(C(=O)c2cc(O)cc(O)c2)CC1. The average molecular weight is 303 g/mol. The number of nitriles is 1. The fourth-order valence-corrected chi connectivity index (χ4v) is 2.48. The number of aromatic hydroxyl groups is 2. The second kappa shape index (κ2) is 6.80. The van der Waals surface area contributed by atoms with Crippen molar-refractivity contribution in [1.29, 1.82) is 5.26 Å². The molecule has 22 heavy (non-hydrogen) atoms. The van der Waals surface area contributed by atoms with E-state index in [0.717, 1.165) is 6.07 Å². The Morgan fingerprint density at radius 2 is 1.82 bits per heavy atom. The summed E-state index contributed by atoms with van der Waals surface area (Å²) < 4.78 is 0. The van der Waals surface area contributed by atoms with Gasteiger partial charge in [-0.1, -0.05) is 0 Å². The van der Waals surface area contributed by atoms with Gasteiger partial charge >= 0.3 is 0 Å². The van der Waals surface area contributed by atoms with Gasteiger partial charge in [0.25, 0.3) is 5.91 Å². The van der Waals surface area contributed by atoms with Crippen LogP contribution in [0.2, 0.25) is 0 Å². The summed E-state index contributed by atoms with van der Waals surface area (Å²) in [7, 11) is 0. The van der Waals surface area contributed by atoms with Gasteiger partial charge in [0, 0.05) is 30.8 Å². The zero-order chi connectivity index (χ0) is 16.1. The monoisotopic (exact) mass is 303 g/mol. The fourth-order valence-electron chi connectivity index (χ4n) is 2.48. The fraction of sp³-hybridized carbons (Fsp3) is 0.400. The highest BCUT2D eigenvalue weighted by Gasteiger charge is 2.25. The number of carbonyl (C=O) groups excluding carboxylic acids is 2. The van der Waals surface area contributed by atoms with E-state index in [-0.39, 0.29) is 41.3 Å². The first-order valence-corrected chi connectivity index (χ1v) is 6.98. The molecule has 0 aromatic heterocycles. The highest BCUT2D eigenvalue weighted by molar-refractivity contribution is 5.95. The Labute approximate surface area is 127 Å². The molecule has 0 saturated carbocycles. The van der Waals surface area contributed by atoms with Gasteiger partial charge in [0.15, 0.2) is 0 Å². The maximum absolute atomic E-state index is 12.3. The summed E-state index contributed by atoms with van der Waals surface area (Å²) in [6.45, 7) is 0.930. The molecular formula is C15H17N3O4. The first kappa shape index (κ1) is 15.6. The molecule has 7 heteroatoms. The Kier molecular flexibility index (Phi) is 4.84. The number of hydrogen-bond acceptors (Lipinski definition) is 5. The predicted molar refractivity (Wildman–Crippen MR) is 77.1 cm³/mol. The van der Waals surface area contributed by atoms with Crippen LogP contribution < -0.4 is 5.32 Å². The van der Waals surface area contributed by atoms with Gasteiger partial charge < -0.3 is 20.4 Å². The maximum Gasteiger partial charge on any atom is 0.254 e. The van der Waals surface area contributed by atoms with Gasteiger partial charge in [-0.05, 0) is 25.0 Å². The van der Waals surface area contributed by atoms with Gasteiger partial charge in [0.1, 0.15) is 17.9 Å². The van der Waals surface area contributed by atoms with Crippen molar-refractivity contribution in [3.8, 4) is 17.6 Å². The van der Waals surface area contributed by atoms with Crippen LogP contribution in [0.25, 0.3) is 0 Å². The molecule has 1 aromatic carbocycles. The first-order chi connectivity index (χ1) is 10.5. The highest BCUT2D eigenvalue weighted by Crippen LogP contribution is 2.22. The Hall–Kier alpha value is -2.75. The molecule has 1 aliphatic rings. The van der Waals surface area contributed by atoms with Gasteiger partial charge in [-0.15, -0.1) is 0 Å². The van der Waals surface area contributed by atoms with Crippen molar-refractivity contribution in [3.63, 3.8) is 0 Å². The van der Waals surface area contributed by atoms with Crippen LogP contribution in [-0.4, -0.2) is 46.1 Å². The smallest absolute Gasteiger partial charge is 0.254 e. The van der Waals surface area contributed by atoms with Gasteiger partial charge in [0.2, 0.25) is 5.91 Å². The molecule has 1 saturated heterocycles. The molecule has 0 bridgehead atoms. The third-order valence-corrected chi connectivity index (χ3v) is 3.54. The molecule has 0 unspecified atom stereocenters. The second-order valence-electron chi connectivity index (χ2n) is 5.21. The van der Waals surface area contributed by atoms with Crippen molar-refractivity contribution < 1.29 is 19.8 Å². The number of hydrogen-bond donors (Lipinski definition) is 3. The van der Waals surface area contributed by atoms with Crippen molar-refractivity contribution >= 4 is 11.8 Å². The van der Waals surface area contributed by atoms with E-state index >= 15 is 0 Å². The minimum absolute atomic E-state index is 0.0394. The largest absolute Gasteiger partial charge is 0.508 e. The van der Waals surface area contributed by atoms with Crippen LogP contribution in [0.1, 0.15) is 29.6 Å². The Bertz CT molecular complexity index is 595. The highest BCUT2D eigenvalue weighted by atomic mass is 16.3. The van der Waals surface area contributed by atoms with E-state index in [1.165, 1.54) is 12.1 Å². The average Bonchev–Trinajstić information content (AvgIpc) is 2.46. The molecule has 7 nitrogen and oxygen atoms in total. The number of likely N-dealkylation sites (tertiary alicyclic amines) is 1. The lowest BCUT2D eigenvalue weighted by molar-refractivity contribution is -0.121. The lowest BCUT2D eigenvalue weighted by Crippen LogP contribution is -2.46. The molecular weight excluding hydrogens is 286 g/mol. The van der Waals surface area contributed by atoms with E-state index in [1.54, 1.807) is 11.0 Å². The minimum atomic E-state index is -0.301. The van der Waals surface area contributed by atoms with Crippen molar-refractivity contribution in [3.05, 3.63) is 23.8 Å². The molecule has 1 heterocycles. The molecule has 1 aromatic rings. The van der Waals surface area contributed by atoms with E-state index in [2.05, 4.69) is 5.32 Å². The summed E-state index contributed by atoms with van der Waals surface area (Å²) in [6.07, 6.45) is 1.04. The Morgan fingerprint density at radius 1 is 1.23 bits per heavy atom. The molecule has 0 spiro atoms. The van der Waals surface area contributed by atoms with Gasteiger partial charge in [-0.25, -0.2) is 0 Å². The summed E-state index contributed by atoms with van der Waals surface area (Å²) in [5, 5.41) is 30.1. The van der Waals surface area contributed by atoms with Gasteiger partial charge in [-0.2, -0.15) is 5.26 Å². The maximum atomic E-state index is 12.3. The number of amides is 2. The molecule has 0 atom stereocenters. The number of benzene rings is 1. The lowest BCUT2D eigenvalue weighted by Gasteiger charge is -2.32. The zero-order valence-corrected chi connectivity index (χ0v) is 12.0. The van der Waals surface area contributed by atoms with E-state index in [9.17, 15) is 19.8 Å².